The van der Waals surface area contributed by atoms with Crippen LogP contribution in [0.2, 0.25) is 10.0 Å². The highest BCUT2D eigenvalue weighted by Gasteiger charge is 2.36. The van der Waals surface area contributed by atoms with Crippen LogP contribution in [0.3, 0.4) is 0 Å². The average molecular weight is 457 g/mol. The first-order chi connectivity index (χ1) is 14.2. The van der Waals surface area contributed by atoms with Gasteiger partial charge in [-0.15, -0.1) is 0 Å². The van der Waals surface area contributed by atoms with Gasteiger partial charge in [0.15, 0.2) is 5.65 Å². The zero-order valence-electron chi connectivity index (χ0n) is 15.2. The predicted molar refractivity (Wildman–Crippen MR) is 106 cm³/mol. The van der Waals surface area contributed by atoms with Gasteiger partial charge in [0.05, 0.1) is 10.7 Å². The van der Waals surface area contributed by atoms with Crippen molar-refractivity contribution in [2.45, 2.75) is 6.18 Å². The number of rotatable bonds is 2. The van der Waals surface area contributed by atoms with E-state index in [-0.39, 0.29) is 17.0 Å². The van der Waals surface area contributed by atoms with Crippen molar-refractivity contribution in [3.63, 3.8) is 0 Å². The quantitative estimate of drug-likeness (QED) is 0.637. The second-order valence-corrected chi connectivity index (χ2v) is 7.49. The lowest BCUT2D eigenvalue weighted by molar-refractivity contribution is -0.139. The van der Waals surface area contributed by atoms with Crippen molar-refractivity contribution < 1.29 is 13.2 Å². The molecule has 3 aromatic rings. The Bertz CT molecular complexity index is 1220. The van der Waals surface area contributed by atoms with Crippen molar-refractivity contribution in [3.05, 3.63) is 55.9 Å². The van der Waals surface area contributed by atoms with Crippen LogP contribution in [0, 0.1) is 11.3 Å². The van der Waals surface area contributed by atoms with Gasteiger partial charge >= 0.3 is 6.18 Å². The Balaban J connectivity index is 1.65. The van der Waals surface area contributed by atoms with Crippen molar-refractivity contribution in [1.82, 2.24) is 14.6 Å². The summed E-state index contributed by atoms with van der Waals surface area (Å²) in [7, 11) is 0. The number of nitrogens with zero attached hydrogens (tertiary/aromatic N) is 5. The molecule has 0 bridgehead atoms. The summed E-state index contributed by atoms with van der Waals surface area (Å²) in [5.74, 6) is 0.253. The molecule has 0 spiro atoms. The van der Waals surface area contributed by atoms with E-state index in [0.29, 0.717) is 46.9 Å². The summed E-state index contributed by atoms with van der Waals surface area (Å²) in [5.41, 5.74) is -2.03. The number of hydrogen-bond acceptors (Lipinski definition) is 5. The van der Waals surface area contributed by atoms with Gasteiger partial charge in [-0.2, -0.15) is 22.9 Å². The van der Waals surface area contributed by atoms with E-state index >= 15 is 0 Å². The predicted octanol–water partition coefficient (Wildman–Crippen LogP) is 3.55. The highest BCUT2D eigenvalue weighted by atomic mass is 35.5. The minimum atomic E-state index is -4.84. The van der Waals surface area contributed by atoms with Crippen LogP contribution in [0.1, 0.15) is 11.1 Å². The van der Waals surface area contributed by atoms with E-state index in [1.54, 1.807) is 17.0 Å². The van der Waals surface area contributed by atoms with Gasteiger partial charge in [-0.3, -0.25) is 9.89 Å². The van der Waals surface area contributed by atoms with E-state index in [0.717, 1.165) is 5.69 Å². The molecule has 7 nitrogen and oxygen atoms in total. The Morgan fingerprint density at radius 3 is 2.40 bits per heavy atom. The maximum atomic E-state index is 13.0. The third-order valence-corrected chi connectivity index (χ3v) is 5.44. The van der Waals surface area contributed by atoms with E-state index in [1.165, 1.54) is 0 Å². The fourth-order valence-corrected chi connectivity index (χ4v) is 3.97. The number of nitrogens with one attached hydrogen (secondary N) is 1. The SMILES string of the molecule is N#Cc1c(N2CCN(c3ccc(Cl)cc3Cl)CC2)[nH]n2c(=O)c(C(F)(F)F)cnc12. The lowest BCUT2D eigenvalue weighted by atomic mass is 10.2. The Kier molecular flexibility index (Phi) is 5.03. The lowest BCUT2D eigenvalue weighted by Crippen LogP contribution is -2.47. The maximum Gasteiger partial charge on any atom is 0.423 e. The molecule has 156 valence electrons. The molecule has 1 N–H and O–H groups in total. The Hall–Kier alpha value is -2.90. The van der Waals surface area contributed by atoms with Gasteiger partial charge in [0.2, 0.25) is 0 Å². The van der Waals surface area contributed by atoms with Crippen molar-refractivity contribution in [3.8, 4) is 6.07 Å². The molecule has 4 rings (SSSR count). The molecule has 0 amide bonds. The molecule has 1 aromatic carbocycles. The zero-order valence-corrected chi connectivity index (χ0v) is 16.7. The monoisotopic (exact) mass is 456 g/mol. The molecule has 3 heterocycles. The summed E-state index contributed by atoms with van der Waals surface area (Å²) in [6.45, 7) is 1.97. The van der Waals surface area contributed by atoms with Gasteiger partial charge in [0, 0.05) is 37.4 Å². The second kappa shape index (κ2) is 7.41. The highest BCUT2D eigenvalue weighted by molar-refractivity contribution is 6.36. The number of aromatic amines is 1. The smallest absolute Gasteiger partial charge is 0.367 e. The number of alkyl halides is 3. The molecule has 0 atom stereocenters. The number of benzene rings is 1. The van der Waals surface area contributed by atoms with E-state index in [1.807, 2.05) is 17.0 Å². The molecule has 1 fully saturated rings. The third kappa shape index (κ3) is 3.44. The summed E-state index contributed by atoms with van der Waals surface area (Å²) in [4.78, 5) is 19.8. The number of halogens is 5. The maximum absolute atomic E-state index is 13.0. The van der Waals surface area contributed by atoms with E-state index < -0.39 is 17.3 Å². The molecule has 2 aromatic heterocycles. The fourth-order valence-electron chi connectivity index (χ4n) is 3.44. The molecule has 0 radical (unpaired) electrons. The minimum Gasteiger partial charge on any atom is -0.367 e. The van der Waals surface area contributed by atoms with Crippen LogP contribution < -0.4 is 15.4 Å². The Labute approximate surface area is 177 Å². The van der Waals surface area contributed by atoms with Crippen LogP contribution in [-0.4, -0.2) is 40.8 Å². The number of H-pyrrole nitrogens is 1. The highest BCUT2D eigenvalue weighted by Crippen LogP contribution is 2.31. The van der Waals surface area contributed by atoms with Gasteiger partial charge in [-0.05, 0) is 18.2 Å². The molecule has 1 saturated heterocycles. The number of nitriles is 1. The first kappa shape index (κ1) is 20.4. The van der Waals surface area contributed by atoms with Crippen LogP contribution in [-0.2, 0) is 6.18 Å². The lowest BCUT2D eigenvalue weighted by Gasteiger charge is -2.37. The first-order valence-corrected chi connectivity index (χ1v) is 9.52. The van der Waals surface area contributed by atoms with Crippen LogP contribution in [0.15, 0.2) is 29.2 Å². The van der Waals surface area contributed by atoms with E-state index in [9.17, 15) is 23.2 Å². The number of fused-ring (bicyclic) bond motifs is 1. The number of aromatic nitrogens is 3. The largest absolute Gasteiger partial charge is 0.423 e. The van der Waals surface area contributed by atoms with Gasteiger partial charge in [-0.25, -0.2) is 4.98 Å². The van der Waals surface area contributed by atoms with E-state index in [4.69, 9.17) is 23.2 Å². The van der Waals surface area contributed by atoms with Crippen molar-refractivity contribution in [2.75, 3.05) is 36.0 Å². The first-order valence-electron chi connectivity index (χ1n) is 8.76. The van der Waals surface area contributed by atoms with Gasteiger partial charge in [0.25, 0.3) is 5.56 Å². The van der Waals surface area contributed by atoms with Crippen molar-refractivity contribution >= 4 is 40.4 Å². The van der Waals surface area contributed by atoms with Crippen LogP contribution in [0.4, 0.5) is 24.7 Å². The standard InChI is InChI=1S/C18H13Cl2F3N6O/c19-10-1-2-14(13(20)7-10)27-3-5-28(6-4-27)16-11(8-24)15-25-9-12(18(21,22)23)17(30)29(15)26-16/h1-2,7,9,26H,3-6H2. The normalized spacial score (nSPS) is 14.9. The average Bonchev–Trinajstić information content (AvgIpc) is 3.07. The molecule has 1 aliphatic heterocycles. The number of piperazine rings is 1. The fraction of sp³-hybridized carbons (Fsp3) is 0.278. The summed E-state index contributed by atoms with van der Waals surface area (Å²) in [5, 5.41) is 13.2. The van der Waals surface area contributed by atoms with Crippen molar-refractivity contribution in [2.24, 2.45) is 0 Å². The number of hydrogen-bond donors (Lipinski definition) is 1. The molecule has 0 saturated carbocycles. The topological polar surface area (TPSA) is 80.4 Å². The van der Waals surface area contributed by atoms with Crippen LogP contribution in [0.5, 0.6) is 0 Å². The summed E-state index contributed by atoms with van der Waals surface area (Å²) in [6, 6.07) is 7.12. The number of anilines is 2. The molecule has 30 heavy (non-hydrogen) atoms. The minimum absolute atomic E-state index is 0.0128. The Morgan fingerprint density at radius 1 is 1.13 bits per heavy atom. The Morgan fingerprint density at radius 2 is 1.80 bits per heavy atom. The molecule has 12 heteroatoms. The van der Waals surface area contributed by atoms with E-state index in [2.05, 4.69) is 10.1 Å². The molecule has 0 unspecified atom stereocenters. The van der Waals surface area contributed by atoms with Crippen molar-refractivity contribution in [1.29, 1.82) is 5.26 Å². The molecular weight excluding hydrogens is 444 g/mol. The van der Waals surface area contributed by atoms with Crippen LogP contribution in [0.25, 0.3) is 5.65 Å². The van der Waals surface area contributed by atoms with Gasteiger partial charge in [0.1, 0.15) is 23.0 Å². The third-order valence-electron chi connectivity index (χ3n) is 4.90. The molecular formula is C18H13Cl2F3N6O. The molecule has 1 aliphatic rings. The second-order valence-electron chi connectivity index (χ2n) is 6.65. The van der Waals surface area contributed by atoms with Gasteiger partial charge in [-0.1, -0.05) is 23.2 Å². The summed E-state index contributed by atoms with van der Waals surface area (Å²) in [6.07, 6.45) is -4.39. The summed E-state index contributed by atoms with van der Waals surface area (Å²) < 4.78 is 39.7. The molecule has 0 aliphatic carbocycles. The zero-order chi connectivity index (χ0) is 21.6. The summed E-state index contributed by atoms with van der Waals surface area (Å²) >= 11 is 12.2. The van der Waals surface area contributed by atoms with Gasteiger partial charge < -0.3 is 9.80 Å². The van der Waals surface area contributed by atoms with Crippen LogP contribution >= 0.6 is 23.2 Å².